The molecule has 0 aliphatic heterocycles. The van der Waals surface area contributed by atoms with Crippen molar-refractivity contribution in [3.05, 3.63) is 70.8 Å². The van der Waals surface area contributed by atoms with Crippen LogP contribution >= 0.6 is 0 Å². The molecule has 0 N–H and O–H groups in total. The van der Waals surface area contributed by atoms with Gasteiger partial charge in [0.15, 0.2) is 5.78 Å². The Morgan fingerprint density at radius 2 is 1.67 bits per heavy atom. The van der Waals surface area contributed by atoms with Crippen LogP contribution in [-0.4, -0.2) is 19.0 Å². The summed E-state index contributed by atoms with van der Waals surface area (Å²) in [6.07, 6.45) is 1.87. The number of rotatable bonds is 2. The first kappa shape index (κ1) is 12.8. The molecule has 2 aliphatic rings. The summed E-state index contributed by atoms with van der Waals surface area (Å²) in [5.74, 6) is 0.497. The molecular formula is C19H18O2. The third-order valence-corrected chi connectivity index (χ3v) is 5.03. The summed E-state index contributed by atoms with van der Waals surface area (Å²) in [5.41, 5.74) is 4.72. The molecule has 2 aromatic rings. The highest BCUT2D eigenvalue weighted by Gasteiger charge is 2.44. The molecule has 0 saturated heterocycles. The van der Waals surface area contributed by atoms with Gasteiger partial charge in [0.1, 0.15) is 0 Å². The van der Waals surface area contributed by atoms with Crippen LogP contribution in [0.1, 0.15) is 33.0 Å². The maximum absolute atomic E-state index is 12.8. The van der Waals surface area contributed by atoms with Gasteiger partial charge in [0.25, 0.3) is 0 Å². The van der Waals surface area contributed by atoms with Crippen molar-refractivity contribution in [1.82, 2.24) is 0 Å². The van der Waals surface area contributed by atoms with Gasteiger partial charge in [-0.25, -0.2) is 0 Å². The highest BCUT2D eigenvalue weighted by atomic mass is 16.5. The van der Waals surface area contributed by atoms with E-state index in [9.17, 15) is 4.79 Å². The second kappa shape index (κ2) is 4.81. The number of ketones is 1. The van der Waals surface area contributed by atoms with Crippen molar-refractivity contribution in [3.63, 3.8) is 0 Å². The van der Waals surface area contributed by atoms with E-state index in [0.29, 0.717) is 0 Å². The molecule has 2 nitrogen and oxygen atoms in total. The number of carbonyl (C=O) groups excluding carboxylic acids is 1. The third kappa shape index (κ3) is 1.86. The van der Waals surface area contributed by atoms with Gasteiger partial charge >= 0.3 is 0 Å². The van der Waals surface area contributed by atoms with Crippen LogP contribution in [-0.2, 0) is 17.6 Å². The monoisotopic (exact) mass is 278 g/mol. The SMILES string of the molecule is COC1Cc2ccccc2C1C1Cc2ccccc2C1=O. The van der Waals surface area contributed by atoms with Crippen molar-refractivity contribution < 1.29 is 9.53 Å². The van der Waals surface area contributed by atoms with E-state index in [0.717, 1.165) is 18.4 Å². The molecule has 2 heteroatoms. The summed E-state index contributed by atoms with van der Waals surface area (Å²) >= 11 is 0. The topological polar surface area (TPSA) is 26.3 Å². The zero-order valence-corrected chi connectivity index (χ0v) is 12.1. The van der Waals surface area contributed by atoms with E-state index < -0.39 is 0 Å². The Morgan fingerprint density at radius 3 is 2.43 bits per heavy atom. The number of ether oxygens (including phenoxy) is 1. The van der Waals surface area contributed by atoms with Gasteiger partial charge in [-0.05, 0) is 29.5 Å². The molecule has 0 heterocycles. The Bertz CT molecular complexity index is 704. The van der Waals surface area contributed by atoms with Gasteiger partial charge in [0, 0.05) is 24.5 Å². The van der Waals surface area contributed by atoms with E-state index >= 15 is 0 Å². The molecule has 0 aromatic heterocycles. The van der Waals surface area contributed by atoms with Gasteiger partial charge < -0.3 is 4.74 Å². The van der Waals surface area contributed by atoms with Gasteiger partial charge in [0.05, 0.1) is 6.10 Å². The fraction of sp³-hybridized carbons (Fsp3) is 0.316. The lowest BCUT2D eigenvalue weighted by molar-refractivity contribution is 0.0621. The van der Waals surface area contributed by atoms with Gasteiger partial charge in [-0.3, -0.25) is 4.79 Å². The Hall–Kier alpha value is -1.93. The number of fused-ring (bicyclic) bond motifs is 2. The normalized spacial score (nSPS) is 26.7. The highest BCUT2D eigenvalue weighted by Crippen LogP contribution is 2.45. The minimum absolute atomic E-state index is 0.0241. The van der Waals surface area contributed by atoms with Crippen molar-refractivity contribution >= 4 is 5.78 Å². The number of Topliss-reactive ketones (excluding diaryl/α,β-unsaturated/α-hetero) is 1. The van der Waals surface area contributed by atoms with Crippen LogP contribution < -0.4 is 0 Å². The number of hydrogen-bond acceptors (Lipinski definition) is 2. The van der Waals surface area contributed by atoms with Crippen molar-refractivity contribution in [1.29, 1.82) is 0 Å². The van der Waals surface area contributed by atoms with Crippen molar-refractivity contribution in [2.75, 3.05) is 7.11 Å². The third-order valence-electron chi connectivity index (χ3n) is 5.03. The molecule has 0 radical (unpaired) electrons. The number of methoxy groups -OCH3 is 1. The zero-order chi connectivity index (χ0) is 14.4. The van der Waals surface area contributed by atoms with Crippen molar-refractivity contribution in [2.24, 2.45) is 5.92 Å². The Morgan fingerprint density at radius 1 is 0.952 bits per heavy atom. The Kier molecular flexibility index (Phi) is 2.93. The average Bonchev–Trinajstić information content (AvgIpc) is 3.05. The van der Waals surface area contributed by atoms with E-state index in [2.05, 4.69) is 30.3 Å². The van der Waals surface area contributed by atoms with Gasteiger partial charge in [-0.1, -0.05) is 48.5 Å². The number of hydrogen-bond donors (Lipinski definition) is 0. The first-order chi connectivity index (χ1) is 10.3. The zero-order valence-electron chi connectivity index (χ0n) is 12.1. The summed E-state index contributed by atoms with van der Waals surface area (Å²) in [6.45, 7) is 0. The lowest BCUT2D eigenvalue weighted by Gasteiger charge is -2.24. The summed E-state index contributed by atoms with van der Waals surface area (Å²) < 4.78 is 5.71. The molecule has 0 spiro atoms. The van der Waals surface area contributed by atoms with Crippen molar-refractivity contribution in [3.8, 4) is 0 Å². The molecule has 0 saturated carbocycles. The van der Waals surface area contributed by atoms with Crippen molar-refractivity contribution in [2.45, 2.75) is 24.9 Å². The molecule has 0 amide bonds. The first-order valence-electron chi connectivity index (χ1n) is 7.52. The van der Waals surface area contributed by atoms with Crippen LogP contribution in [0.2, 0.25) is 0 Å². The maximum Gasteiger partial charge on any atom is 0.167 e. The molecule has 21 heavy (non-hydrogen) atoms. The second-order valence-corrected chi connectivity index (χ2v) is 6.03. The molecule has 3 atom stereocenters. The Balaban J connectivity index is 1.75. The largest absolute Gasteiger partial charge is 0.380 e. The fourth-order valence-corrected chi connectivity index (χ4v) is 4.05. The molecular weight excluding hydrogens is 260 g/mol. The highest BCUT2D eigenvalue weighted by molar-refractivity contribution is 6.02. The van der Waals surface area contributed by atoms with E-state index in [1.165, 1.54) is 16.7 Å². The van der Waals surface area contributed by atoms with Crippen LogP contribution in [0, 0.1) is 5.92 Å². The van der Waals surface area contributed by atoms with Crippen LogP contribution in [0.5, 0.6) is 0 Å². The summed E-state index contributed by atoms with van der Waals surface area (Å²) in [6, 6.07) is 16.5. The van der Waals surface area contributed by atoms with Crippen LogP contribution in [0.4, 0.5) is 0 Å². The first-order valence-corrected chi connectivity index (χ1v) is 7.52. The van der Waals surface area contributed by atoms with E-state index in [1.54, 1.807) is 7.11 Å². The number of benzene rings is 2. The minimum atomic E-state index is 0.0241. The predicted octanol–water partition coefficient (Wildman–Crippen LogP) is 3.40. The van der Waals surface area contributed by atoms with Crippen LogP contribution in [0.3, 0.4) is 0 Å². The van der Waals surface area contributed by atoms with Gasteiger partial charge in [-0.15, -0.1) is 0 Å². The van der Waals surface area contributed by atoms with Crippen LogP contribution in [0.25, 0.3) is 0 Å². The molecule has 0 fully saturated rings. The molecule has 3 unspecified atom stereocenters. The molecule has 106 valence electrons. The maximum atomic E-state index is 12.8. The second-order valence-electron chi connectivity index (χ2n) is 6.03. The summed E-state index contributed by atoms with van der Waals surface area (Å²) in [5, 5.41) is 0. The summed E-state index contributed by atoms with van der Waals surface area (Å²) in [7, 11) is 1.76. The van der Waals surface area contributed by atoms with Gasteiger partial charge in [-0.2, -0.15) is 0 Å². The smallest absolute Gasteiger partial charge is 0.167 e. The molecule has 2 aliphatic carbocycles. The quantitative estimate of drug-likeness (QED) is 0.841. The van der Waals surface area contributed by atoms with E-state index in [-0.39, 0.29) is 23.7 Å². The summed E-state index contributed by atoms with van der Waals surface area (Å²) in [4.78, 5) is 12.8. The van der Waals surface area contributed by atoms with Crippen LogP contribution in [0.15, 0.2) is 48.5 Å². The minimum Gasteiger partial charge on any atom is -0.380 e. The lowest BCUT2D eigenvalue weighted by Crippen LogP contribution is -2.27. The Labute approximate surface area is 124 Å². The molecule has 0 bridgehead atoms. The predicted molar refractivity (Wildman–Crippen MR) is 81.7 cm³/mol. The standard InChI is InChI=1S/C19H18O2/c1-21-17-11-13-7-2-4-8-14(13)18(17)16-10-12-6-3-5-9-15(12)19(16)20/h2-9,16-18H,10-11H2,1H3. The van der Waals surface area contributed by atoms with Gasteiger partial charge in [0.2, 0.25) is 0 Å². The molecule has 4 rings (SSSR count). The fourth-order valence-electron chi connectivity index (χ4n) is 4.05. The lowest BCUT2D eigenvalue weighted by atomic mass is 9.83. The van der Waals surface area contributed by atoms with E-state index in [4.69, 9.17) is 4.74 Å². The number of carbonyl (C=O) groups is 1. The average molecular weight is 278 g/mol. The van der Waals surface area contributed by atoms with E-state index in [1.807, 2.05) is 18.2 Å². The molecule has 2 aromatic carbocycles.